The summed E-state index contributed by atoms with van der Waals surface area (Å²) < 4.78 is 0. The summed E-state index contributed by atoms with van der Waals surface area (Å²) in [5.41, 5.74) is 3.69. The third-order valence-corrected chi connectivity index (χ3v) is 3.92. The van der Waals surface area contributed by atoms with Crippen molar-refractivity contribution in [3.63, 3.8) is 0 Å². The van der Waals surface area contributed by atoms with Crippen molar-refractivity contribution in [1.82, 2.24) is 10.6 Å². The summed E-state index contributed by atoms with van der Waals surface area (Å²) in [5, 5.41) is 6.42. The zero-order valence-electron chi connectivity index (χ0n) is 12.1. The van der Waals surface area contributed by atoms with E-state index in [0.29, 0.717) is 12.3 Å². The van der Waals surface area contributed by atoms with E-state index in [2.05, 4.69) is 49.6 Å². The molecule has 2 unspecified atom stereocenters. The molecule has 104 valence electrons. The standard InChI is InChI=1S/C16H24N2O/c1-11-4-5-12(2)15(8-11)13(3)18-16(19)9-14-6-7-17-10-14/h4-5,8,13-14,17H,6-7,9-10H2,1-3H3,(H,18,19). The van der Waals surface area contributed by atoms with Gasteiger partial charge in [0.2, 0.25) is 5.91 Å². The quantitative estimate of drug-likeness (QED) is 0.873. The van der Waals surface area contributed by atoms with Crippen LogP contribution in [0.2, 0.25) is 0 Å². The number of aryl methyl sites for hydroxylation is 2. The highest BCUT2D eigenvalue weighted by Crippen LogP contribution is 2.20. The first-order valence-corrected chi connectivity index (χ1v) is 7.13. The van der Waals surface area contributed by atoms with E-state index in [-0.39, 0.29) is 11.9 Å². The maximum atomic E-state index is 12.0. The lowest BCUT2D eigenvalue weighted by Crippen LogP contribution is -2.29. The molecular weight excluding hydrogens is 236 g/mol. The van der Waals surface area contributed by atoms with Crippen molar-refractivity contribution in [1.29, 1.82) is 0 Å². The molecule has 19 heavy (non-hydrogen) atoms. The zero-order chi connectivity index (χ0) is 13.8. The molecule has 2 rings (SSSR count). The van der Waals surface area contributed by atoms with E-state index >= 15 is 0 Å². The Bertz CT molecular complexity index is 450. The Hall–Kier alpha value is -1.35. The fourth-order valence-corrected chi connectivity index (χ4v) is 2.76. The van der Waals surface area contributed by atoms with E-state index in [1.807, 2.05) is 0 Å². The second kappa shape index (κ2) is 6.20. The number of hydrogen-bond donors (Lipinski definition) is 2. The highest BCUT2D eigenvalue weighted by atomic mass is 16.1. The molecule has 1 aliphatic heterocycles. The van der Waals surface area contributed by atoms with Crippen molar-refractivity contribution in [2.24, 2.45) is 5.92 Å². The van der Waals surface area contributed by atoms with Gasteiger partial charge in [0.15, 0.2) is 0 Å². The third kappa shape index (κ3) is 3.80. The lowest BCUT2D eigenvalue weighted by atomic mass is 9.99. The van der Waals surface area contributed by atoms with E-state index in [1.54, 1.807) is 0 Å². The summed E-state index contributed by atoms with van der Waals surface area (Å²) in [4.78, 5) is 12.0. The molecule has 0 radical (unpaired) electrons. The lowest BCUT2D eigenvalue weighted by molar-refractivity contribution is -0.122. The van der Waals surface area contributed by atoms with Gasteiger partial charge in [-0.2, -0.15) is 0 Å². The number of benzene rings is 1. The molecule has 0 spiro atoms. The molecule has 1 aromatic carbocycles. The van der Waals surface area contributed by atoms with E-state index in [9.17, 15) is 4.79 Å². The summed E-state index contributed by atoms with van der Waals surface area (Å²) >= 11 is 0. The van der Waals surface area contributed by atoms with Crippen molar-refractivity contribution in [2.45, 2.75) is 39.7 Å². The van der Waals surface area contributed by atoms with Crippen LogP contribution in [0.25, 0.3) is 0 Å². The molecule has 1 fully saturated rings. The van der Waals surface area contributed by atoms with Crippen LogP contribution in [0, 0.1) is 19.8 Å². The second-order valence-electron chi connectivity index (χ2n) is 5.71. The van der Waals surface area contributed by atoms with Gasteiger partial charge in [0, 0.05) is 6.42 Å². The Kier molecular flexibility index (Phi) is 4.59. The van der Waals surface area contributed by atoms with Crippen molar-refractivity contribution >= 4 is 5.91 Å². The summed E-state index contributed by atoms with van der Waals surface area (Å²) in [6.45, 7) is 8.27. The van der Waals surface area contributed by atoms with Crippen LogP contribution in [-0.2, 0) is 4.79 Å². The topological polar surface area (TPSA) is 41.1 Å². The number of hydrogen-bond acceptors (Lipinski definition) is 2. The van der Waals surface area contributed by atoms with Crippen LogP contribution >= 0.6 is 0 Å². The summed E-state index contributed by atoms with van der Waals surface area (Å²) in [7, 11) is 0. The molecule has 1 aliphatic rings. The molecule has 0 aromatic heterocycles. The number of carbonyl (C=O) groups excluding carboxylic acids is 1. The monoisotopic (exact) mass is 260 g/mol. The maximum Gasteiger partial charge on any atom is 0.220 e. The summed E-state index contributed by atoms with van der Waals surface area (Å²) in [6, 6.07) is 6.48. The smallest absolute Gasteiger partial charge is 0.220 e. The van der Waals surface area contributed by atoms with Crippen LogP contribution in [-0.4, -0.2) is 19.0 Å². The van der Waals surface area contributed by atoms with Crippen molar-refractivity contribution in [3.05, 3.63) is 34.9 Å². The van der Waals surface area contributed by atoms with Gasteiger partial charge in [-0.15, -0.1) is 0 Å². The normalized spacial score (nSPS) is 20.3. The Labute approximate surface area is 115 Å². The largest absolute Gasteiger partial charge is 0.350 e. The number of rotatable bonds is 4. The fraction of sp³-hybridized carbons (Fsp3) is 0.562. The average molecular weight is 260 g/mol. The molecule has 3 heteroatoms. The molecule has 3 nitrogen and oxygen atoms in total. The predicted molar refractivity (Wildman–Crippen MR) is 78.1 cm³/mol. The van der Waals surface area contributed by atoms with Crippen molar-refractivity contribution in [2.75, 3.05) is 13.1 Å². The molecule has 0 bridgehead atoms. The van der Waals surface area contributed by atoms with Crippen LogP contribution in [0.3, 0.4) is 0 Å². The first-order chi connectivity index (χ1) is 9.06. The van der Waals surface area contributed by atoms with Crippen LogP contribution in [0.15, 0.2) is 18.2 Å². The average Bonchev–Trinajstić information content (AvgIpc) is 2.84. The molecule has 1 saturated heterocycles. The molecule has 0 saturated carbocycles. The van der Waals surface area contributed by atoms with E-state index in [1.165, 1.54) is 16.7 Å². The molecule has 1 heterocycles. The molecule has 1 amide bonds. The van der Waals surface area contributed by atoms with E-state index in [0.717, 1.165) is 19.5 Å². The van der Waals surface area contributed by atoms with Gasteiger partial charge >= 0.3 is 0 Å². The lowest BCUT2D eigenvalue weighted by Gasteiger charge is -2.18. The van der Waals surface area contributed by atoms with E-state index in [4.69, 9.17) is 0 Å². The van der Waals surface area contributed by atoms with Crippen molar-refractivity contribution in [3.8, 4) is 0 Å². The van der Waals surface area contributed by atoms with Crippen LogP contribution in [0.5, 0.6) is 0 Å². The SMILES string of the molecule is Cc1ccc(C)c(C(C)NC(=O)CC2CCNC2)c1. The summed E-state index contributed by atoms with van der Waals surface area (Å²) in [5.74, 6) is 0.674. The Morgan fingerprint density at radius 1 is 1.47 bits per heavy atom. The zero-order valence-corrected chi connectivity index (χ0v) is 12.1. The van der Waals surface area contributed by atoms with Crippen LogP contribution in [0.4, 0.5) is 0 Å². The van der Waals surface area contributed by atoms with Crippen LogP contribution in [0.1, 0.15) is 42.5 Å². The fourth-order valence-electron chi connectivity index (χ4n) is 2.76. The van der Waals surface area contributed by atoms with Gasteiger partial charge in [0.1, 0.15) is 0 Å². The second-order valence-corrected chi connectivity index (χ2v) is 5.71. The first kappa shape index (κ1) is 14.1. The highest BCUT2D eigenvalue weighted by Gasteiger charge is 2.19. The molecular formula is C16H24N2O. The van der Waals surface area contributed by atoms with Crippen molar-refractivity contribution < 1.29 is 4.79 Å². The van der Waals surface area contributed by atoms with E-state index < -0.39 is 0 Å². The Balaban J connectivity index is 1.94. The minimum atomic E-state index is 0.0850. The Morgan fingerprint density at radius 3 is 2.95 bits per heavy atom. The number of nitrogens with one attached hydrogen (secondary N) is 2. The molecule has 2 atom stereocenters. The first-order valence-electron chi connectivity index (χ1n) is 7.13. The van der Waals surface area contributed by atoms with Gasteiger partial charge in [-0.3, -0.25) is 4.79 Å². The van der Waals surface area contributed by atoms with Gasteiger partial charge in [0.05, 0.1) is 6.04 Å². The highest BCUT2D eigenvalue weighted by molar-refractivity contribution is 5.76. The van der Waals surface area contributed by atoms with Gasteiger partial charge in [-0.05, 0) is 57.3 Å². The van der Waals surface area contributed by atoms with Gasteiger partial charge in [-0.25, -0.2) is 0 Å². The minimum absolute atomic E-state index is 0.0850. The maximum absolute atomic E-state index is 12.0. The Morgan fingerprint density at radius 2 is 2.26 bits per heavy atom. The minimum Gasteiger partial charge on any atom is -0.350 e. The van der Waals surface area contributed by atoms with Gasteiger partial charge < -0.3 is 10.6 Å². The van der Waals surface area contributed by atoms with Gasteiger partial charge in [-0.1, -0.05) is 23.8 Å². The summed E-state index contributed by atoms with van der Waals surface area (Å²) in [6.07, 6.45) is 1.76. The van der Waals surface area contributed by atoms with Crippen LogP contribution < -0.4 is 10.6 Å². The predicted octanol–water partition coefficient (Wildman–Crippen LogP) is 2.48. The molecule has 1 aromatic rings. The number of carbonyl (C=O) groups is 1. The molecule has 0 aliphatic carbocycles. The third-order valence-electron chi connectivity index (χ3n) is 3.92. The molecule has 2 N–H and O–H groups in total. The number of amides is 1. The van der Waals surface area contributed by atoms with Gasteiger partial charge in [0.25, 0.3) is 0 Å².